The molecule has 1 aromatic heterocycles. The van der Waals surface area contributed by atoms with Crippen LogP contribution >= 0.6 is 15.9 Å². The normalized spacial score (nSPS) is 17.7. The molecule has 2 aromatic rings. The summed E-state index contributed by atoms with van der Waals surface area (Å²) in [5.74, 6) is 0.817. The maximum absolute atomic E-state index is 11.0. The fraction of sp³-hybridized carbons (Fsp3) is 0.176. The van der Waals surface area contributed by atoms with E-state index in [-0.39, 0.29) is 0 Å². The van der Waals surface area contributed by atoms with Gasteiger partial charge in [-0.05, 0) is 42.2 Å². The summed E-state index contributed by atoms with van der Waals surface area (Å²) in [7, 11) is 0. The number of nitrogens with one attached hydrogen (secondary N) is 2. The minimum absolute atomic E-state index is 0.378. The smallest absolute Gasteiger partial charge is 0.267 e. The molecular formula is C17H16BrN3O2. The molecule has 0 saturated heterocycles. The number of carbonyl (C=O) groups excluding carboxylic acids is 1. The van der Waals surface area contributed by atoms with E-state index in [1.54, 1.807) is 11.6 Å². The number of fused-ring (bicyclic) bond motifs is 1. The molecule has 3 N–H and O–H groups in total. The van der Waals surface area contributed by atoms with E-state index in [1.165, 1.54) is 6.08 Å². The van der Waals surface area contributed by atoms with Gasteiger partial charge in [-0.1, -0.05) is 34.2 Å². The predicted octanol–water partition coefficient (Wildman–Crippen LogP) is 3.43. The largest absolute Gasteiger partial charge is 0.342 e. The average molecular weight is 374 g/mol. The Morgan fingerprint density at radius 2 is 2.39 bits per heavy atom. The van der Waals surface area contributed by atoms with Crippen LogP contribution < -0.4 is 5.48 Å². The summed E-state index contributed by atoms with van der Waals surface area (Å²) in [5.41, 5.74) is 4.53. The van der Waals surface area contributed by atoms with E-state index < -0.39 is 5.91 Å². The molecule has 1 aromatic carbocycles. The first kappa shape index (κ1) is 15.7. The third-order valence-corrected chi connectivity index (χ3v) is 4.20. The summed E-state index contributed by atoms with van der Waals surface area (Å²) in [6, 6.07) is 6.00. The molecule has 0 radical (unpaired) electrons. The van der Waals surface area contributed by atoms with Gasteiger partial charge in [0.1, 0.15) is 5.82 Å². The highest BCUT2D eigenvalue weighted by atomic mass is 79.9. The molecule has 1 unspecified atom stereocenters. The van der Waals surface area contributed by atoms with E-state index in [0.717, 1.165) is 39.7 Å². The summed E-state index contributed by atoms with van der Waals surface area (Å²) in [6.07, 6.45) is 10.9. The van der Waals surface area contributed by atoms with E-state index in [9.17, 15) is 4.79 Å². The number of hydrogen-bond acceptors (Lipinski definition) is 3. The molecule has 118 valence electrons. The zero-order valence-corrected chi connectivity index (χ0v) is 13.9. The quantitative estimate of drug-likeness (QED) is 0.436. The van der Waals surface area contributed by atoms with Gasteiger partial charge in [0.2, 0.25) is 0 Å². The summed E-state index contributed by atoms with van der Waals surface area (Å²) in [5, 5.41) is 8.45. The van der Waals surface area contributed by atoms with Gasteiger partial charge in [-0.3, -0.25) is 10.0 Å². The summed E-state index contributed by atoms with van der Waals surface area (Å²) >= 11 is 3.46. The fourth-order valence-electron chi connectivity index (χ4n) is 2.55. The van der Waals surface area contributed by atoms with E-state index in [4.69, 9.17) is 5.21 Å². The fourth-order valence-corrected chi connectivity index (χ4v) is 2.91. The van der Waals surface area contributed by atoms with Crippen molar-refractivity contribution in [1.82, 2.24) is 15.4 Å². The van der Waals surface area contributed by atoms with Crippen LogP contribution in [0.4, 0.5) is 0 Å². The summed E-state index contributed by atoms with van der Waals surface area (Å²) < 4.78 is 1.03. The van der Waals surface area contributed by atoms with Crippen molar-refractivity contribution in [2.24, 2.45) is 5.92 Å². The lowest BCUT2D eigenvalue weighted by Crippen LogP contribution is -2.15. The molecule has 1 aliphatic rings. The number of hydrogen-bond donors (Lipinski definition) is 3. The van der Waals surface area contributed by atoms with E-state index in [0.29, 0.717) is 5.92 Å². The molecule has 1 heterocycles. The van der Waals surface area contributed by atoms with E-state index >= 15 is 0 Å². The molecule has 0 spiro atoms. The lowest BCUT2D eigenvalue weighted by atomic mass is 9.93. The van der Waals surface area contributed by atoms with Crippen LogP contribution in [0.2, 0.25) is 0 Å². The number of amides is 1. The minimum Gasteiger partial charge on any atom is -0.342 e. The highest BCUT2D eigenvalue weighted by Gasteiger charge is 2.12. The van der Waals surface area contributed by atoms with Crippen molar-refractivity contribution in [2.75, 3.05) is 0 Å². The zero-order valence-electron chi connectivity index (χ0n) is 12.3. The second-order valence-electron chi connectivity index (χ2n) is 5.42. The molecule has 1 aliphatic carbocycles. The number of H-pyrrole nitrogens is 1. The lowest BCUT2D eigenvalue weighted by molar-refractivity contribution is -0.124. The molecular weight excluding hydrogens is 358 g/mol. The summed E-state index contributed by atoms with van der Waals surface area (Å²) in [6.45, 7) is 0. The van der Waals surface area contributed by atoms with Gasteiger partial charge in [-0.15, -0.1) is 0 Å². The monoisotopic (exact) mass is 373 g/mol. The van der Waals surface area contributed by atoms with Gasteiger partial charge in [0, 0.05) is 17.0 Å². The molecule has 23 heavy (non-hydrogen) atoms. The van der Waals surface area contributed by atoms with Gasteiger partial charge >= 0.3 is 0 Å². The number of aromatic amines is 1. The number of aromatic nitrogens is 2. The molecule has 3 rings (SSSR count). The van der Waals surface area contributed by atoms with Gasteiger partial charge in [0.05, 0.1) is 11.0 Å². The number of allylic oxidation sites excluding steroid dienone is 5. The lowest BCUT2D eigenvalue weighted by Gasteiger charge is -2.13. The minimum atomic E-state index is -0.533. The first-order valence-electron chi connectivity index (χ1n) is 7.28. The molecule has 0 fully saturated rings. The molecule has 0 bridgehead atoms. The first-order chi connectivity index (χ1) is 11.1. The number of rotatable bonds is 4. The van der Waals surface area contributed by atoms with Crippen LogP contribution in [0.25, 0.3) is 11.0 Å². The van der Waals surface area contributed by atoms with Crippen molar-refractivity contribution in [3.63, 3.8) is 0 Å². The van der Waals surface area contributed by atoms with Gasteiger partial charge in [0.15, 0.2) is 0 Å². The van der Waals surface area contributed by atoms with E-state index in [2.05, 4.69) is 38.0 Å². The first-order valence-corrected chi connectivity index (χ1v) is 8.08. The standard InChI is InChI=1S/C17H16BrN3O2/c18-13-6-7-14-15(10-13)20-16(19-14)9-12-3-1-11(2-4-12)5-8-17(22)21-23/h1-3,5-8,10,12,23H,4,9H2,(H,19,20)(H,21,22)/b8-5+. The average Bonchev–Trinajstić information content (AvgIpc) is 2.95. The Labute approximate surface area is 141 Å². The SMILES string of the molecule is O=C(/C=C/C1=CCC(Cc2nc3ccc(Br)cc3[nH]2)C=C1)NO. The highest BCUT2D eigenvalue weighted by molar-refractivity contribution is 9.10. The Morgan fingerprint density at radius 1 is 1.52 bits per heavy atom. The van der Waals surface area contributed by atoms with E-state index in [1.807, 2.05) is 24.3 Å². The zero-order chi connectivity index (χ0) is 16.2. The van der Waals surface area contributed by atoms with Crippen LogP contribution in [0, 0.1) is 5.92 Å². The number of hydroxylamine groups is 1. The van der Waals surface area contributed by atoms with Crippen LogP contribution in [-0.4, -0.2) is 21.1 Å². The van der Waals surface area contributed by atoms with Crippen molar-refractivity contribution in [2.45, 2.75) is 12.8 Å². The van der Waals surface area contributed by atoms with Crippen LogP contribution in [-0.2, 0) is 11.2 Å². The Bertz CT molecular complexity index is 820. The van der Waals surface area contributed by atoms with Crippen molar-refractivity contribution in [3.8, 4) is 0 Å². The molecule has 1 atom stereocenters. The van der Waals surface area contributed by atoms with Gasteiger partial charge in [-0.2, -0.15) is 0 Å². The van der Waals surface area contributed by atoms with Crippen molar-refractivity contribution in [3.05, 3.63) is 64.4 Å². The van der Waals surface area contributed by atoms with Crippen LogP contribution in [0.1, 0.15) is 12.2 Å². The highest BCUT2D eigenvalue weighted by Crippen LogP contribution is 2.23. The van der Waals surface area contributed by atoms with Crippen molar-refractivity contribution in [1.29, 1.82) is 0 Å². The number of imidazole rings is 1. The number of carbonyl (C=O) groups is 1. The Morgan fingerprint density at radius 3 is 3.13 bits per heavy atom. The van der Waals surface area contributed by atoms with Gasteiger partial charge < -0.3 is 4.98 Å². The second kappa shape index (κ2) is 6.93. The van der Waals surface area contributed by atoms with Crippen LogP contribution in [0.5, 0.6) is 0 Å². The topological polar surface area (TPSA) is 78.0 Å². The summed E-state index contributed by atoms with van der Waals surface area (Å²) in [4.78, 5) is 18.9. The van der Waals surface area contributed by atoms with Gasteiger partial charge in [0.25, 0.3) is 5.91 Å². The molecule has 0 aliphatic heterocycles. The number of nitrogens with zero attached hydrogens (tertiary/aromatic N) is 1. The maximum atomic E-state index is 11.0. The molecule has 6 heteroatoms. The third kappa shape index (κ3) is 3.97. The maximum Gasteiger partial charge on any atom is 0.267 e. The van der Waals surface area contributed by atoms with Crippen LogP contribution in [0.15, 0.2) is 58.6 Å². The van der Waals surface area contributed by atoms with Crippen molar-refractivity contribution >= 4 is 32.9 Å². The van der Waals surface area contributed by atoms with Gasteiger partial charge in [-0.25, -0.2) is 10.5 Å². The Balaban J connectivity index is 1.64. The second-order valence-corrected chi connectivity index (χ2v) is 6.33. The third-order valence-electron chi connectivity index (χ3n) is 3.70. The molecule has 1 amide bonds. The van der Waals surface area contributed by atoms with Crippen LogP contribution in [0.3, 0.4) is 0 Å². The van der Waals surface area contributed by atoms with Crippen molar-refractivity contribution < 1.29 is 10.0 Å². The number of benzene rings is 1. The Hall–Kier alpha value is -2.18. The molecule has 0 saturated carbocycles. The predicted molar refractivity (Wildman–Crippen MR) is 91.9 cm³/mol. The Kier molecular flexibility index (Phi) is 4.73. The molecule has 5 nitrogen and oxygen atoms in total. The number of halogens is 1.